The fourth-order valence-corrected chi connectivity index (χ4v) is 10.3. The van der Waals surface area contributed by atoms with Crippen LogP contribution in [-0.4, -0.2) is 28.8 Å². The summed E-state index contributed by atoms with van der Waals surface area (Å²) in [6.07, 6.45) is 18.8. The van der Waals surface area contributed by atoms with Gasteiger partial charge >= 0.3 is 0 Å². The smallest absolute Gasteiger partial charge is 0.192 e. The van der Waals surface area contributed by atoms with Gasteiger partial charge in [0.25, 0.3) is 0 Å². The summed E-state index contributed by atoms with van der Waals surface area (Å²) in [5, 5.41) is 0.352. The van der Waals surface area contributed by atoms with Crippen molar-refractivity contribution in [3.05, 3.63) is 47.6 Å². The molecule has 44 heavy (non-hydrogen) atoms. The fraction of sp³-hybridized carbons (Fsp3) is 0.800. The van der Waals surface area contributed by atoms with Crippen LogP contribution in [0.1, 0.15) is 121 Å². The molecule has 3 saturated carbocycles. The van der Waals surface area contributed by atoms with E-state index in [1.54, 1.807) is 5.57 Å². The van der Waals surface area contributed by atoms with Crippen LogP contribution in [0.25, 0.3) is 0 Å². The van der Waals surface area contributed by atoms with Crippen molar-refractivity contribution in [1.82, 2.24) is 0 Å². The summed E-state index contributed by atoms with van der Waals surface area (Å²) in [5.74, 6) is 3.47. The number of fused-ring (bicyclic) bond motifs is 1. The van der Waals surface area contributed by atoms with Gasteiger partial charge in [-0.25, -0.2) is 0 Å². The lowest BCUT2D eigenvalue weighted by molar-refractivity contribution is 0.0969. The highest BCUT2D eigenvalue weighted by Gasteiger charge is 2.50. The van der Waals surface area contributed by atoms with Crippen molar-refractivity contribution in [3.63, 3.8) is 0 Å². The molecule has 4 heteroatoms. The Balaban J connectivity index is 1.90. The SMILES string of the molecule is C=C1/C(=C/C=C2\CCC[C@]3(C)[C@@H]([C@H](C)/C=C/[C@H](C)C(C)C)CC[C@@H]23)C[C@@H](O[Si](C)(C)C(C)(C)C)C[C@H]1O[Si](C)(C)C(C)(C)C. The first-order valence-corrected chi connectivity index (χ1v) is 23.9. The molecule has 7 atom stereocenters. The summed E-state index contributed by atoms with van der Waals surface area (Å²) < 4.78 is 14.2. The lowest BCUT2D eigenvalue weighted by Gasteiger charge is -2.45. The molecule has 0 radical (unpaired) electrons. The highest BCUT2D eigenvalue weighted by Crippen LogP contribution is 2.59. The van der Waals surface area contributed by atoms with Crippen molar-refractivity contribution in [2.45, 2.75) is 170 Å². The summed E-state index contributed by atoms with van der Waals surface area (Å²) in [6, 6.07) is 0. The summed E-state index contributed by atoms with van der Waals surface area (Å²) >= 11 is 0. The van der Waals surface area contributed by atoms with Gasteiger partial charge in [-0.1, -0.05) is 113 Å². The van der Waals surface area contributed by atoms with E-state index < -0.39 is 16.6 Å². The molecule has 0 bridgehead atoms. The average Bonchev–Trinajstić information content (AvgIpc) is 3.23. The van der Waals surface area contributed by atoms with Gasteiger partial charge in [0.15, 0.2) is 16.6 Å². The number of hydrogen-bond acceptors (Lipinski definition) is 2. The van der Waals surface area contributed by atoms with Crippen LogP contribution in [0.2, 0.25) is 36.3 Å². The average molecular weight is 641 g/mol. The van der Waals surface area contributed by atoms with Crippen LogP contribution in [0, 0.1) is 35.0 Å². The molecule has 0 spiro atoms. The van der Waals surface area contributed by atoms with Crippen molar-refractivity contribution < 1.29 is 8.85 Å². The molecule has 0 amide bonds. The van der Waals surface area contributed by atoms with E-state index in [1.807, 2.05) is 0 Å². The van der Waals surface area contributed by atoms with Crippen molar-refractivity contribution >= 4 is 16.6 Å². The van der Waals surface area contributed by atoms with Crippen LogP contribution in [-0.2, 0) is 8.85 Å². The van der Waals surface area contributed by atoms with Crippen LogP contribution in [0.5, 0.6) is 0 Å². The zero-order valence-electron chi connectivity index (χ0n) is 31.8. The Morgan fingerprint density at radius 3 is 2.02 bits per heavy atom. The molecule has 3 fully saturated rings. The normalized spacial score (nSPS) is 32.6. The van der Waals surface area contributed by atoms with E-state index in [4.69, 9.17) is 15.4 Å². The molecule has 0 aromatic carbocycles. The van der Waals surface area contributed by atoms with Gasteiger partial charge in [-0.05, 0) is 121 Å². The molecule has 0 aromatic rings. The Morgan fingerprint density at radius 1 is 0.864 bits per heavy atom. The standard InChI is InChI=1S/C40H72O2Si2/c1-28(2)29(3)19-20-30(4)35-23-24-36-32(18-17-25-40(35,36)12)21-22-33-26-34(41-43(13,14)38(6,7)8)27-37(31(33)5)42-44(15,16)39(9,10)11/h19-22,28-30,34-37H,5,17-18,23-27H2,1-4,6-16H3/b20-19+,32-21+,33-22+/t29-,30+,34+,35+,36-,37+,40+/m0/s1. The van der Waals surface area contributed by atoms with Gasteiger partial charge < -0.3 is 8.85 Å². The Bertz CT molecular complexity index is 1100. The first-order chi connectivity index (χ1) is 20.0. The largest absolute Gasteiger partial charge is 0.413 e. The van der Waals surface area contributed by atoms with E-state index in [2.05, 4.69) is 127 Å². The van der Waals surface area contributed by atoms with Crippen molar-refractivity contribution in [1.29, 1.82) is 0 Å². The van der Waals surface area contributed by atoms with Gasteiger partial charge in [0.2, 0.25) is 0 Å². The van der Waals surface area contributed by atoms with E-state index >= 15 is 0 Å². The number of rotatable bonds is 9. The molecule has 0 aliphatic heterocycles. The highest BCUT2D eigenvalue weighted by molar-refractivity contribution is 6.74. The fourth-order valence-electron chi connectivity index (χ4n) is 7.62. The maximum atomic E-state index is 7.09. The quantitative estimate of drug-likeness (QED) is 0.184. The predicted molar refractivity (Wildman–Crippen MR) is 199 cm³/mol. The molecule has 0 saturated heterocycles. The van der Waals surface area contributed by atoms with Gasteiger partial charge in [-0.15, -0.1) is 0 Å². The molecule has 2 nitrogen and oxygen atoms in total. The zero-order chi connectivity index (χ0) is 33.5. The minimum absolute atomic E-state index is 0.0393. The Morgan fingerprint density at radius 2 is 1.45 bits per heavy atom. The van der Waals surface area contributed by atoms with Crippen LogP contribution in [0.3, 0.4) is 0 Å². The van der Waals surface area contributed by atoms with E-state index in [-0.39, 0.29) is 22.3 Å². The van der Waals surface area contributed by atoms with Crippen LogP contribution in [0.4, 0.5) is 0 Å². The second-order valence-electron chi connectivity index (χ2n) is 18.7. The predicted octanol–water partition coefficient (Wildman–Crippen LogP) is 12.7. The molecular weight excluding hydrogens is 569 g/mol. The molecule has 252 valence electrons. The summed E-state index contributed by atoms with van der Waals surface area (Å²) in [5.41, 5.74) is 4.64. The molecule has 3 rings (SSSR count). The van der Waals surface area contributed by atoms with Gasteiger partial charge in [0.1, 0.15) is 0 Å². The minimum Gasteiger partial charge on any atom is -0.413 e. The Hall–Kier alpha value is -0.686. The van der Waals surface area contributed by atoms with Crippen molar-refractivity contribution in [3.8, 4) is 0 Å². The lowest BCUT2D eigenvalue weighted by atomic mass is 9.61. The van der Waals surface area contributed by atoms with Gasteiger partial charge in [-0.2, -0.15) is 0 Å². The van der Waals surface area contributed by atoms with Crippen LogP contribution < -0.4 is 0 Å². The van der Waals surface area contributed by atoms with Crippen molar-refractivity contribution in [2.24, 2.45) is 35.0 Å². The molecular formula is C40H72O2Si2. The second kappa shape index (κ2) is 13.8. The molecule has 3 aliphatic rings. The molecule has 0 N–H and O–H groups in total. The van der Waals surface area contributed by atoms with Gasteiger partial charge in [-0.3, -0.25) is 0 Å². The summed E-state index contributed by atoms with van der Waals surface area (Å²) in [6.45, 7) is 40.5. The monoisotopic (exact) mass is 641 g/mol. The summed E-state index contributed by atoms with van der Waals surface area (Å²) in [7, 11) is -3.88. The van der Waals surface area contributed by atoms with Gasteiger partial charge in [0.05, 0.1) is 12.2 Å². The third kappa shape index (κ3) is 8.42. The van der Waals surface area contributed by atoms with Crippen LogP contribution in [0.15, 0.2) is 47.6 Å². The van der Waals surface area contributed by atoms with E-state index in [9.17, 15) is 0 Å². The second-order valence-corrected chi connectivity index (χ2v) is 28.2. The number of allylic oxidation sites excluding steroid dienone is 5. The number of hydrogen-bond donors (Lipinski definition) is 0. The maximum absolute atomic E-state index is 7.09. The Kier molecular flexibility index (Phi) is 11.9. The summed E-state index contributed by atoms with van der Waals surface area (Å²) in [4.78, 5) is 0. The zero-order valence-corrected chi connectivity index (χ0v) is 33.8. The Labute approximate surface area is 276 Å². The molecule has 3 aliphatic carbocycles. The first kappa shape index (κ1) is 37.8. The lowest BCUT2D eigenvalue weighted by Crippen LogP contribution is -2.49. The first-order valence-electron chi connectivity index (χ1n) is 18.1. The van der Waals surface area contributed by atoms with Crippen LogP contribution >= 0.6 is 0 Å². The third-order valence-electron chi connectivity index (χ3n) is 13.2. The third-order valence-corrected chi connectivity index (χ3v) is 22.2. The van der Waals surface area contributed by atoms with E-state index in [0.29, 0.717) is 29.1 Å². The molecule has 0 unspecified atom stereocenters. The van der Waals surface area contributed by atoms with E-state index in [0.717, 1.165) is 18.8 Å². The molecule has 0 aromatic heterocycles. The van der Waals surface area contributed by atoms with Gasteiger partial charge in [0, 0.05) is 6.42 Å². The minimum atomic E-state index is -1.96. The maximum Gasteiger partial charge on any atom is 0.192 e. The van der Waals surface area contributed by atoms with E-state index in [1.165, 1.54) is 43.3 Å². The topological polar surface area (TPSA) is 18.5 Å². The molecule has 0 heterocycles. The highest BCUT2D eigenvalue weighted by atomic mass is 28.4. The van der Waals surface area contributed by atoms with Crippen molar-refractivity contribution in [2.75, 3.05) is 0 Å².